The van der Waals surface area contributed by atoms with Gasteiger partial charge in [0.15, 0.2) is 11.5 Å². The van der Waals surface area contributed by atoms with Crippen molar-refractivity contribution in [3.8, 4) is 11.5 Å². The lowest BCUT2D eigenvalue weighted by Gasteiger charge is -2.26. The van der Waals surface area contributed by atoms with Crippen LogP contribution in [0.15, 0.2) is 30.7 Å². The van der Waals surface area contributed by atoms with Crippen LogP contribution in [0.2, 0.25) is 0 Å². The van der Waals surface area contributed by atoms with Crippen LogP contribution in [0, 0.1) is 5.92 Å². The van der Waals surface area contributed by atoms with Gasteiger partial charge in [-0.1, -0.05) is 12.1 Å². The van der Waals surface area contributed by atoms with Gasteiger partial charge in [-0.05, 0) is 18.1 Å². The molecular formula is C16H19N3O3. The van der Waals surface area contributed by atoms with Gasteiger partial charge in [0.2, 0.25) is 0 Å². The number of para-hydroxylation sites is 1. The van der Waals surface area contributed by atoms with Crippen LogP contribution >= 0.6 is 0 Å². The molecule has 3 rings (SSSR count). The SMILES string of the molecule is COc1cccc2c1OC[C@H](CNC(=O)c1cn(C)cn1)C2. The average Bonchev–Trinajstić information content (AvgIpc) is 2.98. The summed E-state index contributed by atoms with van der Waals surface area (Å²) in [5.74, 6) is 1.66. The molecule has 0 saturated heterocycles. The summed E-state index contributed by atoms with van der Waals surface area (Å²) in [6, 6.07) is 5.88. The van der Waals surface area contributed by atoms with E-state index >= 15 is 0 Å². The summed E-state index contributed by atoms with van der Waals surface area (Å²) in [5.41, 5.74) is 1.55. The zero-order chi connectivity index (χ0) is 15.5. The summed E-state index contributed by atoms with van der Waals surface area (Å²) in [4.78, 5) is 16.0. The number of hydrogen-bond donors (Lipinski definition) is 1. The number of ether oxygens (including phenoxy) is 2. The van der Waals surface area contributed by atoms with Gasteiger partial charge < -0.3 is 19.4 Å². The fourth-order valence-corrected chi connectivity index (χ4v) is 2.61. The number of nitrogens with one attached hydrogen (secondary N) is 1. The number of carbonyl (C=O) groups is 1. The van der Waals surface area contributed by atoms with Crippen molar-refractivity contribution in [2.45, 2.75) is 6.42 Å². The van der Waals surface area contributed by atoms with Crippen molar-refractivity contribution in [2.75, 3.05) is 20.3 Å². The maximum Gasteiger partial charge on any atom is 0.271 e. The summed E-state index contributed by atoms with van der Waals surface area (Å²) in [7, 11) is 3.47. The molecule has 0 fully saturated rings. The second-order valence-electron chi connectivity index (χ2n) is 5.46. The van der Waals surface area contributed by atoms with Crippen molar-refractivity contribution >= 4 is 5.91 Å². The van der Waals surface area contributed by atoms with Gasteiger partial charge in [0.1, 0.15) is 5.69 Å². The minimum absolute atomic E-state index is 0.156. The predicted octanol–water partition coefficient (Wildman–Crippen LogP) is 1.41. The number of hydrogen-bond acceptors (Lipinski definition) is 4. The number of nitrogens with zero attached hydrogens (tertiary/aromatic N) is 2. The second-order valence-corrected chi connectivity index (χ2v) is 5.46. The number of imidazole rings is 1. The molecular weight excluding hydrogens is 282 g/mol. The molecule has 1 atom stereocenters. The lowest BCUT2D eigenvalue weighted by molar-refractivity contribution is 0.0934. The van der Waals surface area contributed by atoms with Crippen LogP contribution in [0.1, 0.15) is 16.1 Å². The Morgan fingerprint density at radius 3 is 3.14 bits per heavy atom. The quantitative estimate of drug-likeness (QED) is 0.927. The average molecular weight is 301 g/mol. The molecule has 2 aromatic rings. The first kappa shape index (κ1) is 14.4. The number of amides is 1. The Kier molecular flexibility index (Phi) is 4.00. The Balaban J connectivity index is 1.60. The third kappa shape index (κ3) is 2.90. The van der Waals surface area contributed by atoms with E-state index in [2.05, 4.69) is 10.3 Å². The Labute approximate surface area is 129 Å². The van der Waals surface area contributed by atoms with Crippen LogP contribution in [-0.4, -0.2) is 35.7 Å². The largest absolute Gasteiger partial charge is 0.493 e. The highest BCUT2D eigenvalue weighted by Gasteiger charge is 2.23. The van der Waals surface area contributed by atoms with E-state index in [4.69, 9.17) is 9.47 Å². The van der Waals surface area contributed by atoms with Crippen molar-refractivity contribution in [3.63, 3.8) is 0 Å². The van der Waals surface area contributed by atoms with E-state index in [0.717, 1.165) is 23.5 Å². The van der Waals surface area contributed by atoms with Gasteiger partial charge in [-0.3, -0.25) is 4.79 Å². The Bertz CT molecular complexity index is 681. The first-order valence-corrected chi connectivity index (χ1v) is 7.22. The number of benzene rings is 1. The molecule has 22 heavy (non-hydrogen) atoms. The number of rotatable bonds is 4. The van der Waals surface area contributed by atoms with Crippen LogP contribution in [-0.2, 0) is 13.5 Å². The van der Waals surface area contributed by atoms with Gasteiger partial charge in [-0.25, -0.2) is 4.98 Å². The second kappa shape index (κ2) is 6.09. The topological polar surface area (TPSA) is 65.4 Å². The Hall–Kier alpha value is -2.50. The summed E-state index contributed by atoms with van der Waals surface area (Å²) < 4.78 is 12.9. The summed E-state index contributed by atoms with van der Waals surface area (Å²) >= 11 is 0. The molecule has 0 bridgehead atoms. The minimum Gasteiger partial charge on any atom is -0.493 e. The van der Waals surface area contributed by atoms with Gasteiger partial charge in [-0.15, -0.1) is 0 Å². The third-order valence-electron chi connectivity index (χ3n) is 3.74. The summed E-state index contributed by atoms with van der Waals surface area (Å²) in [5, 5.41) is 2.92. The molecule has 0 unspecified atom stereocenters. The molecule has 0 aliphatic carbocycles. The smallest absolute Gasteiger partial charge is 0.271 e. The van der Waals surface area contributed by atoms with Gasteiger partial charge in [0.05, 0.1) is 20.0 Å². The van der Waals surface area contributed by atoms with E-state index in [0.29, 0.717) is 18.8 Å². The lowest BCUT2D eigenvalue weighted by Crippen LogP contribution is -2.35. The molecule has 0 spiro atoms. The normalized spacial score (nSPS) is 16.5. The maximum absolute atomic E-state index is 12.0. The zero-order valence-electron chi connectivity index (χ0n) is 12.7. The van der Waals surface area contributed by atoms with E-state index in [9.17, 15) is 4.79 Å². The predicted molar refractivity (Wildman–Crippen MR) is 81.2 cm³/mol. The molecule has 0 saturated carbocycles. The number of methoxy groups -OCH3 is 1. The number of aryl methyl sites for hydroxylation is 1. The van der Waals surface area contributed by atoms with E-state index < -0.39 is 0 Å². The highest BCUT2D eigenvalue weighted by molar-refractivity contribution is 5.91. The molecule has 1 aliphatic rings. The fraction of sp³-hybridized carbons (Fsp3) is 0.375. The van der Waals surface area contributed by atoms with E-state index in [-0.39, 0.29) is 11.8 Å². The van der Waals surface area contributed by atoms with Crippen molar-refractivity contribution < 1.29 is 14.3 Å². The van der Waals surface area contributed by atoms with Crippen LogP contribution in [0.4, 0.5) is 0 Å². The molecule has 116 valence electrons. The zero-order valence-corrected chi connectivity index (χ0v) is 12.7. The minimum atomic E-state index is -0.156. The molecule has 6 nitrogen and oxygen atoms in total. The van der Waals surface area contributed by atoms with Crippen LogP contribution in [0.25, 0.3) is 0 Å². The van der Waals surface area contributed by atoms with Gasteiger partial charge in [0, 0.05) is 25.7 Å². The van der Waals surface area contributed by atoms with Crippen LogP contribution in [0.3, 0.4) is 0 Å². The summed E-state index contributed by atoms with van der Waals surface area (Å²) in [6.45, 7) is 1.13. The summed E-state index contributed by atoms with van der Waals surface area (Å²) in [6.07, 6.45) is 4.17. The van der Waals surface area contributed by atoms with Gasteiger partial charge in [-0.2, -0.15) is 0 Å². The van der Waals surface area contributed by atoms with E-state index in [1.807, 2.05) is 25.2 Å². The molecule has 1 aromatic heterocycles. The maximum atomic E-state index is 12.0. The molecule has 1 amide bonds. The third-order valence-corrected chi connectivity index (χ3v) is 3.74. The molecule has 0 radical (unpaired) electrons. The number of carbonyl (C=O) groups excluding carboxylic acids is 1. The van der Waals surface area contributed by atoms with Crippen LogP contribution < -0.4 is 14.8 Å². The highest BCUT2D eigenvalue weighted by Crippen LogP contribution is 2.35. The van der Waals surface area contributed by atoms with Crippen molar-refractivity contribution in [2.24, 2.45) is 13.0 Å². The molecule has 1 aromatic carbocycles. The van der Waals surface area contributed by atoms with E-state index in [1.165, 1.54) is 0 Å². The first-order chi connectivity index (χ1) is 10.7. The lowest BCUT2D eigenvalue weighted by atomic mass is 9.96. The van der Waals surface area contributed by atoms with Gasteiger partial charge in [0.25, 0.3) is 5.91 Å². The Morgan fingerprint density at radius 2 is 2.41 bits per heavy atom. The van der Waals surface area contributed by atoms with Crippen molar-refractivity contribution in [1.29, 1.82) is 0 Å². The van der Waals surface area contributed by atoms with Crippen LogP contribution in [0.5, 0.6) is 11.5 Å². The monoisotopic (exact) mass is 301 g/mol. The number of aromatic nitrogens is 2. The van der Waals surface area contributed by atoms with E-state index in [1.54, 1.807) is 24.2 Å². The van der Waals surface area contributed by atoms with Gasteiger partial charge >= 0.3 is 0 Å². The van der Waals surface area contributed by atoms with Crippen molar-refractivity contribution in [1.82, 2.24) is 14.9 Å². The Morgan fingerprint density at radius 1 is 1.55 bits per heavy atom. The fourth-order valence-electron chi connectivity index (χ4n) is 2.61. The highest BCUT2D eigenvalue weighted by atomic mass is 16.5. The molecule has 1 N–H and O–H groups in total. The molecule has 6 heteroatoms. The standard InChI is InChI=1S/C16H19N3O3/c1-19-8-13(18-10-19)16(20)17-7-11-6-12-4-3-5-14(21-2)15(12)22-9-11/h3-5,8,10-11H,6-7,9H2,1-2H3,(H,17,20)/t11-/m0/s1. The van der Waals surface area contributed by atoms with Crippen molar-refractivity contribution in [3.05, 3.63) is 42.0 Å². The molecule has 1 aliphatic heterocycles. The number of fused-ring (bicyclic) bond motifs is 1. The molecule has 2 heterocycles. The first-order valence-electron chi connectivity index (χ1n) is 7.22.